The number of likely N-dealkylation sites (tertiary alicyclic amines) is 1. The Morgan fingerprint density at radius 2 is 2.22 bits per heavy atom. The second kappa shape index (κ2) is 6.17. The van der Waals surface area contributed by atoms with Crippen molar-refractivity contribution in [3.05, 3.63) is 47.5 Å². The number of carbonyl (C=O) groups excluding carboxylic acids is 1. The van der Waals surface area contributed by atoms with Gasteiger partial charge < -0.3 is 0 Å². The summed E-state index contributed by atoms with van der Waals surface area (Å²) < 4.78 is 0. The molecule has 1 saturated heterocycles. The van der Waals surface area contributed by atoms with Gasteiger partial charge >= 0.3 is 0 Å². The highest BCUT2D eigenvalue weighted by atomic mass is 35.5. The van der Waals surface area contributed by atoms with Gasteiger partial charge in [0.05, 0.1) is 0 Å². The van der Waals surface area contributed by atoms with Crippen LogP contribution < -0.4 is 0 Å². The molecule has 1 aromatic rings. The molecule has 0 spiro atoms. The minimum Gasteiger partial charge on any atom is -0.299 e. The number of nitrogens with zero attached hydrogens (tertiary/aromatic N) is 1. The molecule has 1 heterocycles. The molecule has 3 heteroatoms. The van der Waals surface area contributed by atoms with Crippen LogP contribution in [0.2, 0.25) is 5.02 Å². The topological polar surface area (TPSA) is 20.3 Å². The second-order valence-corrected chi connectivity index (χ2v) is 5.17. The Hall–Kier alpha value is -1.12. The summed E-state index contributed by atoms with van der Waals surface area (Å²) in [7, 11) is 0. The number of rotatable bonds is 4. The van der Waals surface area contributed by atoms with Gasteiger partial charge in [0.15, 0.2) is 0 Å². The number of benzene rings is 1. The maximum atomic E-state index is 11.7. The lowest BCUT2D eigenvalue weighted by Gasteiger charge is -2.31. The van der Waals surface area contributed by atoms with Crippen molar-refractivity contribution in [1.29, 1.82) is 0 Å². The molecule has 0 aliphatic carbocycles. The van der Waals surface area contributed by atoms with E-state index >= 15 is 0 Å². The molecule has 1 aliphatic heterocycles. The van der Waals surface area contributed by atoms with Gasteiger partial charge in [-0.1, -0.05) is 35.9 Å². The van der Waals surface area contributed by atoms with Gasteiger partial charge in [-0.15, -0.1) is 6.58 Å². The van der Waals surface area contributed by atoms with Crippen molar-refractivity contribution in [1.82, 2.24) is 4.90 Å². The molecule has 1 aliphatic rings. The van der Waals surface area contributed by atoms with Gasteiger partial charge in [0, 0.05) is 37.0 Å². The number of hydrogen-bond acceptors (Lipinski definition) is 2. The maximum Gasteiger partial charge on any atom is 0.138 e. The Morgan fingerprint density at radius 3 is 2.94 bits per heavy atom. The quantitative estimate of drug-likeness (QED) is 0.777. The number of ketones is 1. The highest BCUT2D eigenvalue weighted by molar-refractivity contribution is 6.31. The molecular formula is C15H18ClNO. The van der Waals surface area contributed by atoms with E-state index in [9.17, 15) is 4.79 Å². The van der Waals surface area contributed by atoms with Crippen molar-refractivity contribution in [2.75, 3.05) is 13.1 Å². The first-order valence-electron chi connectivity index (χ1n) is 6.30. The van der Waals surface area contributed by atoms with E-state index in [1.807, 2.05) is 30.3 Å². The summed E-state index contributed by atoms with van der Waals surface area (Å²) in [6.45, 7) is 6.19. The number of carbonyl (C=O) groups is 1. The highest BCUT2D eigenvalue weighted by Crippen LogP contribution is 2.22. The normalized spacial score (nSPS) is 20.9. The van der Waals surface area contributed by atoms with E-state index in [-0.39, 0.29) is 5.92 Å². The molecule has 18 heavy (non-hydrogen) atoms. The Morgan fingerprint density at radius 1 is 1.44 bits per heavy atom. The fraction of sp³-hybridized carbons (Fsp3) is 0.400. The van der Waals surface area contributed by atoms with Gasteiger partial charge in [0.2, 0.25) is 0 Å². The first-order chi connectivity index (χ1) is 8.70. The van der Waals surface area contributed by atoms with E-state index in [0.29, 0.717) is 12.2 Å². The van der Waals surface area contributed by atoms with Gasteiger partial charge in [-0.05, 0) is 18.1 Å². The number of halogens is 1. The van der Waals surface area contributed by atoms with Gasteiger partial charge in [-0.2, -0.15) is 0 Å². The standard InChI is InChI=1S/C15H18ClNO/c1-2-5-13-11-17(9-8-15(13)18)10-12-6-3-4-7-14(12)16/h2-4,6-7,13H,1,5,8-11H2. The summed E-state index contributed by atoms with van der Waals surface area (Å²) in [6, 6.07) is 7.89. The molecule has 2 rings (SSSR count). The minimum atomic E-state index is 0.110. The zero-order valence-electron chi connectivity index (χ0n) is 10.4. The van der Waals surface area contributed by atoms with E-state index < -0.39 is 0 Å². The van der Waals surface area contributed by atoms with Crippen LogP contribution in [0.3, 0.4) is 0 Å². The smallest absolute Gasteiger partial charge is 0.138 e. The van der Waals surface area contributed by atoms with E-state index in [4.69, 9.17) is 11.6 Å². The summed E-state index contributed by atoms with van der Waals surface area (Å²) in [5, 5.41) is 0.801. The zero-order chi connectivity index (χ0) is 13.0. The molecule has 2 nitrogen and oxygen atoms in total. The van der Waals surface area contributed by atoms with Crippen molar-refractivity contribution in [2.45, 2.75) is 19.4 Å². The molecule has 1 aromatic carbocycles. The molecule has 0 saturated carbocycles. The van der Waals surface area contributed by atoms with Crippen LogP contribution in [0.4, 0.5) is 0 Å². The molecule has 1 fully saturated rings. The number of allylic oxidation sites excluding steroid dienone is 1. The van der Waals surface area contributed by atoms with Crippen LogP contribution in [0.25, 0.3) is 0 Å². The van der Waals surface area contributed by atoms with Gasteiger partial charge in [-0.3, -0.25) is 9.69 Å². The van der Waals surface area contributed by atoms with Gasteiger partial charge in [0.1, 0.15) is 5.78 Å². The summed E-state index contributed by atoms with van der Waals surface area (Å²) >= 11 is 6.16. The van der Waals surface area contributed by atoms with Crippen molar-refractivity contribution < 1.29 is 4.79 Å². The number of hydrogen-bond donors (Lipinski definition) is 0. The lowest BCUT2D eigenvalue weighted by molar-refractivity contribution is -0.126. The SMILES string of the molecule is C=CCC1CN(Cc2ccccc2Cl)CCC1=O. The first-order valence-corrected chi connectivity index (χ1v) is 6.68. The van der Waals surface area contributed by atoms with Crippen molar-refractivity contribution in [3.8, 4) is 0 Å². The molecule has 0 radical (unpaired) electrons. The van der Waals surface area contributed by atoms with Crippen LogP contribution in [0.1, 0.15) is 18.4 Å². The lowest BCUT2D eigenvalue weighted by atomic mass is 9.93. The number of piperidine rings is 1. The van der Waals surface area contributed by atoms with Crippen molar-refractivity contribution in [2.24, 2.45) is 5.92 Å². The molecule has 96 valence electrons. The largest absolute Gasteiger partial charge is 0.299 e. The summed E-state index contributed by atoms with van der Waals surface area (Å²) in [6.07, 6.45) is 3.25. The average Bonchev–Trinajstić information content (AvgIpc) is 2.36. The lowest BCUT2D eigenvalue weighted by Crippen LogP contribution is -2.40. The molecule has 1 atom stereocenters. The molecule has 1 unspecified atom stereocenters. The van der Waals surface area contributed by atoms with Crippen LogP contribution in [0.5, 0.6) is 0 Å². The Bertz CT molecular complexity index is 444. The van der Waals surface area contributed by atoms with Crippen LogP contribution in [-0.4, -0.2) is 23.8 Å². The molecule has 0 amide bonds. The first kappa shape index (κ1) is 13.3. The Balaban J connectivity index is 2.00. The molecular weight excluding hydrogens is 246 g/mol. The predicted molar refractivity (Wildman–Crippen MR) is 74.7 cm³/mol. The molecule has 0 aromatic heterocycles. The Labute approximate surface area is 113 Å². The summed E-state index contributed by atoms with van der Waals surface area (Å²) in [4.78, 5) is 14.1. The average molecular weight is 264 g/mol. The third-order valence-corrected chi connectivity index (χ3v) is 3.78. The fourth-order valence-corrected chi connectivity index (χ4v) is 2.59. The summed E-state index contributed by atoms with van der Waals surface area (Å²) in [5.41, 5.74) is 1.13. The van der Waals surface area contributed by atoms with Crippen LogP contribution in [-0.2, 0) is 11.3 Å². The van der Waals surface area contributed by atoms with Crippen LogP contribution >= 0.6 is 11.6 Å². The third-order valence-electron chi connectivity index (χ3n) is 3.41. The van der Waals surface area contributed by atoms with E-state index in [1.165, 1.54) is 0 Å². The van der Waals surface area contributed by atoms with Gasteiger partial charge in [-0.25, -0.2) is 0 Å². The molecule has 0 N–H and O–H groups in total. The maximum absolute atomic E-state index is 11.7. The number of Topliss-reactive ketones (excluding diaryl/α,β-unsaturated/α-hetero) is 1. The highest BCUT2D eigenvalue weighted by Gasteiger charge is 2.26. The third kappa shape index (κ3) is 3.21. The summed E-state index contributed by atoms with van der Waals surface area (Å²) in [5.74, 6) is 0.476. The van der Waals surface area contributed by atoms with Crippen LogP contribution in [0, 0.1) is 5.92 Å². The zero-order valence-corrected chi connectivity index (χ0v) is 11.2. The van der Waals surface area contributed by atoms with Crippen molar-refractivity contribution in [3.63, 3.8) is 0 Å². The Kier molecular flexibility index (Phi) is 4.56. The monoisotopic (exact) mass is 263 g/mol. The van der Waals surface area contributed by atoms with E-state index in [0.717, 1.165) is 36.6 Å². The second-order valence-electron chi connectivity index (χ2n) is 4.76. The van der Waals surface area contributed by atoms with Gasteiger partial charge in [0.25, 0.3) is 0 Å². The molecule has 0 bridgehead atoms. The van der Waals surface area contributed by atoms with E-state index in [1.54, 1.807) is 0 Å². The van der Waals surface area contributed by atoms with E-state index in [2.05, 4.69) is 11.5 Å². The van der Waals surface area contributed by atoms with Crippen molar-refractivity contribution >= 4 is 17.4 Å². The van der Waals surface area contributed by atoms with Crippen LogP contribution in [0.15, 0.2) is 36.9 Å². The predicted octanol–water partition coefficient (Wildman–Crippen LogP) is 3.31. The minimum absolute atomic E-state index is 0.110. The fourth-order valence-electron chi connectivity index (χ4n) is 2.40.